The van der Waals surface area contributed by atoms with E-state index < -0.39 is 0 Å². The van der Waals surface area contributed by atoms with E-state index in [1.54, 1.807) is 17.7 Å². The second kappa shape index (κ2) is 6.30. The molecule has 112 valence electrons. The summed E-state index contributed by atoms with van der Waals surface area (Å²) < 4.78 is 8.64. The normalized spacial score (nSPS) is 10.4. The van der Waals surface area contributed by atoms with Crippen LogP contribution in [0.2, 0.25) is 0 Å². The summed E-state index contributed by atoms with van der Waals surface area (Å²) in [5.74, 6) is 0.112. The van der Waals surface area contributed by atoms with Crippen molar-refractivity contribution in [3.63, 3.8) is 0 Å². The van der Waals surface area contributed by atoms with Crippen LogP contribution in [0.1, 0.15) is 11.4 Å². The van der Waals surface area contributed by atoms with Crippen LogP contribution in [0.3, 0.4) is 0 Å². The minimum Gasteiger partial charge on any atom is -0.491 e. The molecule has 0 bridgehead atoms. The van der Waals surface area contributed by atoms with E-state index in [0.29, 0.717) is 6.54 Å². The average molecular weight is 289 g/mol. The van der Waals surface area contributed by atoms with Gasteiger partial charge in [-0.25, -0.2) is 0 Å². The van der Waals surface area contributed by atoms with Crippen LogP contribution in [0, 0.1) is 6.92 Å². The number of carbonyl (C=O) groups excluding carboxylic acids is 1. The first-order chi connectivity index (χ1) is 10.0. The summed E-state index contributed by atoms with van der Waals surface area (Å²) in [5.41, 5.74) is 1.56. The van der Waals surface area contributed by atoms with Crippen molar-refractivity contribution >= 4 is 5.91 Å². The first-order valence-electron chi connectivity index (χ1n) is 6.63. The smallest absolute Gasteiger partial charge is 0.240 e. The van der Waals surface area contributed by atoms with E-state index in [0.717, 1.165) is 11.4 Å². The lowest BCUT2D eigenvalue weighted by atomic mass is 10.3. The van der Waals surface area contributed by atoms with Gasteiger partial charge in [-0.1, -0.05) is 0 Å². The molecule has 0 unspecified atom stereocenters. The number of rotatable bonds is 5. The molecule has 1 N–H and O–H groups in total. The Morgan fingerprint density at radius 3 is 2.81 bits per heavy atom. The van der Waals surface area contributed by atoms with Crippen molar-refractivity contribution in [1.29, 1.82) is 0 Å². The van der Waals surface area contributed by atoms with Crippen LogP contribution >= 0.6 is 0 Å². The van der Waals surface area contributed by atoms with Crippen LogP contribution in [0.15, 0.2) is 35.4 Å². The van der Waals surface area contributed by atoms with E-state index in [9.17, 15) is 9.59 Å². The molecule has 1 amide bonds. The molecule has 0 saturated heterocycles. The Morgan fingerprint density at radius 1 is 1.43 bits per heavy atom. The molecular weight excluding hydrogens is 270 g/mol. The zero-order valence-electron chi connectivity index (χ0n) is 12.4. The summed E-state index contributed by atoms with van der Waals surface area (Å²) in [6.45, 7) is 2.40. The Labute approximate surface area is 123 Å². The fourth-order valence-corrected chi connectivity index (χ4v) is 2.05. The van der Waals surface area contributed by atoms with Gasteiger partial charge < -0.3 is 19.2 Å². The summed E-state index contributed by atoms with van der Waals surface area (Å²) in [5, 5.41) is 2.85. The molecule has 2 heterocycles. The molecule has 21 heavy (non-hydrogen) atoms. The van der Waals surface area contributed by atoms with Gasteiger partial charge in [-0.3, -0.25) is 9.59 Å². The topological polar surface area (TPSA) is 65.3 Å². The van der Waals surface area contributed by atoms with Crippen LogP contribution in [0.5, 0.6) is 5.75 Å². The SMILES string of the molecule is COc1cn(CC(=O)NCc2cccn2C)c(C)cc1=O. The summed E-state index contributed by atoms with van der Waals surface area (Å²) in [6, 6.07) is 5.34. The van der Waals surface area contributed by atoms with Gasteiger partial charge >= 0.3 is 0 Å². The fraction of sp³-hybridized carbons (Fsp3) is 0.333. The van der Waals surface area contributed by atoms with Gasteiger partial charge in [0.1, 0.15) is 6.54 Å². The van der Waals surface area contributed by atoms with Crippen molar-refractivity contribution in [2.45, 2.75) is 20.0 Å². The number of aromatic nitrogens is 2. The zero-order valence-corrected chi connectivity index (χ0v) is 12.4. The first kappa shape index (κ1) is 14.9. The third-order valence-electron chi connectivity index (χ3n) is 3.36. The maximum absolute atomic E-state index is 12.0. The van der Waals surface area contributed by atoms with Crippen molar-refractivity contribution in [2.24, 2.45) is 7.05 Å². The highest BCUT2D eigenvalue weighted by Crippen LogP contribution is 2.05. The number of methoxy groups -OCH3 is 1. The van der Waals surface area contributed by atoms with Gasteiger partial charge in [0.05, 0.1) is 19.9 Å². The van der Waals surface area contributed by atoms with E-state index in [4.69, 9.17) is 4.74 Å². The lowest BCUT2D eigenvalue weighted by Gasteiger charge is -2.12. The van der Waals surface area contributed by atoms with Crippen LogP contribution in [-0.2, 0) is 24.9 Å². The highest BCUT2D eigenvalue weighted by atomic mass is 16.5. The Hall–Kier alpha value is -2.50. The molecular formula is C15H19N3O3. The van der Waals surface area contributed by atoms with Crippen molar-refractivity contribution in [2.75, 3.05) is 7.11 Å². The molecule has 0 radical (unpaired) electrons. The predicted molar refractivity (Wildman–Crippen MR) is 79.3 cm³/mol. The number of aryl methyl sites for hydroxylation is 2. The van der Waals surface area contributed by atoms with E-state index in [1.165, 1.54) is 13.2 Å². The van der Waals surface area contributed by atoms with Crippen molar-refractivity contribution in [3.8, 4) is 5.75 Å². The molecule has 0 aliphatic carbocycles. The van der Waals surface area contributed by atoms with Crippen LogP contribution < -0.4 is 15.5 Å². The molecule has 2 aromatic heterocycles. The number of nitrogens with one attached hydrogen (secondary N) is 1. The number of hydrogen-bond donors (Lipinski definition) is 1. The number of carbonyl (C=O) groups is 1. The Kier molecular flexibility index (Phi) is 4.47. The number of ether oxygens (including phenoxy) is 1. The standard InChI is InChI=1S/C15H19N3O3/c1-11-7-13(19)14(21-3)9-18(11)10-15(20)16-8-12-5-4-6-17(12)2/h4-7,9H,8,10H2,1-3H3,(H,16,20). The predicted octanol–water partition coefficient (Wildman–Crippen LogP) is 0.820. The molecule has 0 aliphatic rings. The van der Waals surface area contributed by atoms with Gasteiger partial charge in [-0.05, 0) is 19.1 Å². The number of pyridine rings is 1. The molecule has 2 aromatic rings. The van der Waals surface area contributed by atoms with Crippen LogP contribution in [0.25, 0.3) is 0 Å². The van der Waals surface area contributed by atoms with Crippen LogP contribution in [-0.4, -0.2) is 22.2 Å². The molecule has 2 rings (SSSR count). The highest BCUT2D eigenvalue weighted by molar-refractivity contribution is 5.75. The van der Waals surface area contributed by atoms with Crippen molar-refractivity contribution in [3.05, 3.63) is 52.2 Å². The Balaban J connectivity index is 2.03. The molecule has 0 fully saturated rings. The van der Waals surface area contributed by atoms with Gasteiger partial charge in [0.2, 0.25) is 11.3 Å². The zero-order chi connectivity index (χ0) is 15.4. The van der Waals surface area contributed by atoms with Crippen molar-refractivity contribution < 1.29 is 9.53 Å². The quantitative estimate of drug-likeness (QED) is 0.886. The Bertz CT molecular complexity index is 700. The minimum atomic E-state index is -0.185. The number of hydrogen-bond acceptors (Lipinski definition) is 3. The third kappa shape index (κ3) is 3.53. The van der Waals surface area contributed by atoms with E-state index in [1.807, 2.05) is 29.9 Å². The first-order valence-corrected chi connectivity index (χ1v) is 6.63. The molecule has 0 aliphatic heterocycles. The largest absolute Gasteiger partial charge is 0.491 e. The maximum Gasteiger partial charge on any atom is 0.240 e. The maximum atomic E-state index is 12.0. The number of amides is 1. The molecule has 0 aromatic carbocycles. The summed E-state index contributed by atoms with van der Waals surface area (Å²) in [6.07, 6.45) is 3.48. The van der Waals surface area contributed by atoms with E-state index >= 15 is 0 Å². The average Bonchev–Trinajstić information content (AvgIpc) is 2.85. The lowest BCUT2D eigenvalue weighted by molar-refractivity contribution is -0.121. The second-order valence-corrected chi connectivity index (χ2v) is 4.86. The van der Waals surface area contributed by atoms with Gasteiger partial charge in [0.15, 0.2) is 5.75 Å². The highest BCUT2D eigenvalue weighted by Gasteiger charge is 2.08. The summed E-state index contributed by atoms with van der Waals surface area (Å²) in [7, 11) is 3.37. The van der Waals surface area contributed by atoms with E-state index in [-0.39, 0.29) is 23.6 Å². The molecule has 0 saturated carbocycles. The number of nitrogens with zero attached hydrogens (tertiary/aromatic N) is 2. The van der Waals surface area contributed by atoms with Crippen molar-refractivity contribution in [1.82, 2.24) is 14.5 Å². The van der Waals surface area contributed by atoms with E-state index in [2.05, 4.69) is 5.32 Å². The molecule has 0 spiro atoms. The second-order valence-electron chi connectivity index (χ2n) is 4.86. The molecule has 6 heteroatoms. The van der Waals surface area contributed by atoms with Gasteiger partial charge in [-0.2, -0.15) is 0 Å². The monoisotopic (exact) mass is 289 g/mol. The minimum absolute atomic E-state index is 0.120. The fourth-order valence-electron chi connectivity index (χ4n) is 2.05. The lowest BCUT2D eigenvalue weighted by Crippen LogP contribution is -2.29. The molecule has 6 nitrogen and oxygen atoms in total. The van der Waals surface area contributed by atoms with Gasteiger partial charge in [-0.15, -0.1) is 0 Å². The summed E-state index contributed by atoms with van der Waals surface area (Å²) >= 11 is 0. The Morgan fingerprint density at radius 2 is 2.19 bits per heavy atom. The summed E-state index contributed by atoms with van der Waals surface area (Å²) in [4.78, 5) is 23.6. The van der Waals surface area contributed by atoms with Crippen LogP contribution in [0.4, 0.5) is 0 Å². The third-order valence-corrected chi connectivity index (χ3v) is 3.36. The van der Waals surface area contributed by atoms with Gasteiger partial charge in [0, 0.05) is 30.7 Å². The van der Waals surface area contributed by atoms with Gasteiger partial charge in [0.25, 0.3) is 0 Å². The molecule has 0 atom stereocenters.